The van der Waals surface area contributed by atoms with Crippen LogP contribution in [0.5, 0.6) is 5.75 Å². The van der Waals surface area contributed by atoms with Crippen LogP contribution in [-0.2, 0) is 10.8 Å². The molecule has 0 saturated heterocycles. The van der Waals surface area contributed by atoms with Crippen molar-refractivity contribution in [3.8, 4) is 16.2 Å². The number of rotatable bonds is 6. The number of carboxylic acids is 1. The molecule has 3 aromatic rings. The highest BCUT2D eigenvalue weighted by Crippen LogP contribution is 2.43. The van der Waals surface area contributed by atoms with E-state index in [2.05, 4.69) is 43.4 Å². The molecule has 172 valence electrons. The Morgan fingerprint density at radius 1 is 0.939 bits per heavy atom. The number of carbonyl (C=O) groups is 2. The zero-order chi connectivity index (χ0) is 24.4. The van der Waals surface area contributed by atoms with Crippen LogP contribution in [0.3, 0.4) is 0 Å². The van der Waals surface area contributed by atoms with Gasteiger partial charge in [-0.1, -0.05) is 58.9 Å². The van der Waals surface area contributed by atoms with Gasteiger partial charge >= 0.3 is 5.97 Å². The molecule has 0 aliphatic carbocycles. The molecule has 1 aromatic heterocycles. The molecule has 0 atom stereocenters. The van der Waals surface area contributed by atoms with Gasteiger partial charge in [0.2, 0.25) is 0 Å². The van der Waals surface area contributed by atoms with Crippen LogP contribution in [0, 0.1) is 0 Å². The zero-order valence-corrected chi connectivity index (χ0v) is 20.2. The van der Waals surface area contributed by atoms with Crippen LogP contribution in [0.25, 0.3) is 10.4 Å². The number of hydrazone groups is 1. The number of aromatic carboxylic acids is 1. The Balaban J connectivity index is 1.74. The van der Waals surface area contributed by atoms with E-state index in [0.29, 0.717) is 11.1 Å². The van der Waals surface area contributed by atoms with Crippen molar-refractivity contribution in [3.05, 3.63) is 76.2 Å². The Morgan fingerprint density at radius 2 is 1.52 bits per heavy atom. The van der Waals surface area contributed by atoms with E-state index in [1.807, 2.05) is 31.4 Å². The molecule has 6 nitrogen and oxygen atoms in total. The van der Waals surface area contributed by atoms with Crippen molar-refractivity contribution < 1.29 is 19.8 Å². The minimum absolute atomic E-state index is 0.0579. The number of aromatic hydroxyl groups is 1. The lowest BCUT2D eigenvalue weighted by Crippen LogP contribution is -2.23. The van der Waals surface area contributed by atoms with Gasteiger partial charge in [0.25, 0.3) is 5.91 Å². The fourth-order valence-electron chi connectivity index (χ4n) is 3.29. The van der Waals surface area contributed by atoms with Crippen molar-refractivity contribution in [2.45, 2.75) is 45.4 Å². The number of nitrogens with one attached hydrogen (secondary N) is 1. The summed E-state index contributed by atoms with van der Waals surface area (Å²) >= 11 is 1.46. The van der Waals surface area contributed by atoms with Gasteiger partial charge in [0.1, 0.15) is 5.75 Å². The minimum atomic E-state index is -1.05. The molecule has 0 radical (unpaired) electrons. The first-order valence-corrected chi connectivity index (χ1v) is 11.4. The maximum atomic E-state index is 12.3. The molecule has 0 fully saturated rings. The molecular formula is C26H28N2O4S. The lowest BCUT2D eigenvalue weighted by molar-refractivity contribution is 0.0696. The Kier molecular flexibility index (Phi) is 6.74. The van der Waals surface area contributed by atoms with Crippen LogP contribution in [0.4, 0.5) is 0 Å². The molecule has 33 heavy (non-hydrogen) atoms. The molecule has 3 rings (SSSR count). The summed E-state index contributed by atoms with van der Waals surface area (Å²) in [5, 5.41) is 25.8. The summed E-state index contributed by atoms with van der Waals surface area (Å²) in [5.74, 6) is -1.30. The Bertz CT molecular complexity index is 1180. The number of nitrogens with zero attached hydrogens (tertiary/aromatic N) is 1. The third-order valence-corrected chi connectivity index (χ3v) is 6.44. The van der Waals surface area contributed by atoms with Crippen LogP contribution >= 0.6 is 11.3 Å². The van der Waals surface area contributed by atoms with E-state index < -0.39 is 17.3 Å². The van der Waals surface area contributed by atoms with Crippen molar-refractivity contribution in [1.82, 2.24) is 5.43 Å². The number of carboxylic acid groups (broad SMARTS) is 1. The standard InChI is InChI=1S/C26H28N2O4S/c1-25(2,3)19-12-10-16(11-13-19)22-21(29)20(14-33-22)26(4,5)15-27-28-23(30)17-6-8-18(9-7-17)24(31)32/h6-15,29H,1-5H3,(H,28,30)(H,31,32). The quantitative estimate of drug-likeness (QED) is 0.317. The second kappa shape index (κ2) is 9.19. The number of hydrogen-bond donors (Lipinski definition) is 3. The van der Waals surface area contributed by atoms with Crippen molar-refractivity contribution in [2.24, 2.45) is 5.10 Å². The van der Waals surface area contributed by atoms with E-state index in [4.69, 9.17) is 5.11 Å². The van der Waals surface area contributed by atoms with Crippen LogP contribution in [0.15, 0.2) is 59.0 Å². The average molecular weight is 465 g/mol. The summed E-state index contributed by atoms with van der Waals surface area (Å²) < 4.78 is 0. The highest BCUT2D eigenvalue weighted by Gasteiger charge is 2.26. The number of amides is 1. The van der Waals surface area contributed by atoms with Crippen LogP contribution in [-0.4, -0.2) is 28.3 Å². The average Bonchev–Trinajstić information content (AvgIpc) is 3.15. The monoisotopic (exact) mass is 464 g/mol. The van der Waals surface area contributed by atoms with E-state index in [0.717, 1.165) is 10.4 Å². The first-order valence-electron chi connectivity index (χ1n) is 10.5. The number of benzene rings is 2. The molecule has 0 aliphatic rings. The van der Waals surface area contributed by atoms with Crippen LogP contribution < -0.4 is 5.43 Å². The molecule has 0 bridgehead atoms. The number of hydrogen-bond acceptors (Lipinski definition) is 5. The molecule has 7 heteroatoms. The van der Waals surface area contributed by atoms with Gasteiger partial charge in [-0.15, -0.1) is 11.3 Å². The summed E-state index contributed by atoms with van der Waals surface area (Å²) in [6.07, 6.45) is 1.57. The molecule has 0 saturated carbocycles. The van der Waals surface area contributed by atoms with Crippen molar-refractivity contribution in [2.75, 3.05) is 0 Å². The first kappa shape index (κ1) is 24.2. The highest BCUT2D eigenvalue weighted by atomic mass is 32.1. The fraction of sp³-hybridized carbons (Fsp3) is 0.269. The van der Waals surface area contributed by atoms with Gasteiger partial charge in [-0.25, -0.2) is 10.2 Å². The van der Waals surface area contributed by atoms with Crippen LogP contribution in [0.2, 0.25) is 0 Å². The summed E-state index contributed by atoms with van der Waals surface area (Å²) in [5.41, 5.74) is 5.17. The number of carbonyl (C=O) groups excluding carboxylic acids is 1. The maximum Gasteiger partial charge on any atom is 0.335 e. The lowest BCUT2D eigenvalue weighted by Gasteiger charge is -2.19. The van der Waals surface area contributed by atoms with Crippen molar-refractivity contribution in [3.63, 3.8) is 0 Å². The van der Waals surface area contributed by atoms with E-state index in [1.165, 1.54) is 41.2 Å². The SMILES string of the molecule is CC(C)(C)c1ccc(-c2scc(C(C)(C)C=NNC(=O)c3ccc(C(=O)O)cc3)c2O)cc1. The predicted octanol–water partition coefficient (Wildman–Crippen LogP) is 5.81. The Labute approximate surface area is 197 Å². The molecule has 0 aliphatic heterocycles. The molecule has 0 unspecified atom stereocenters. The number of thiophene rings is 1. The zero-order valence-electron chi connectivity index (χ0n) is 19.3. The minimum Gasteiger partial charge on any atom is -0.506 e. The molecule has 1 heterocycles. The smallest absolute Gasteiger partial charge is 0.335 e. The summed E-state index contributed by atoms with van der Waals surface area (Å²) in [7, 11) is 0. The maximum absolute atomic E-state index is 12.3. The third kappa shape index (κ3) is 5.49. The predicted molar refractivity (Wildman–Crippen MR) is 133 cm³/mol. The van der Waals surface area contributed by atoms with Gasteiger partial charge in [0.15, 0.2) is 0 Å². The topological polar surface area (TPSA) is 99.0 Å². The Hall–Kier alpha value is -3.45. The highest BCUT2D eigenvalue weighted by molar-refractivity contribution is 7.14. The first-order chi connectivity index (χ1) is 15.4. The summed E-state index contributed by atoms with van der Waals surface area (Å²) in [6.45, 7) is 10.3. The fourth-order valence-corrected chi connectivity index (χ4v) is 4.43. The normalized spacial score (nSPS) is 12.2. The lowest BCUT2D eigenvalue weighted by atomic mass is 9.85. The molecule has 1 amide bonds. The second-order valence-electron chi connectivity index (χ2n) is 9.46. The van der Waals surface area contributed by atoms with Gasteiger partial charge in [-0.3, -0.25) is 4.79 Å². The van der Waals surface area contributed by atoms with E-state index in [1.54, 1.807) is 6.21 Å². The third-order valence-electron chi connectivity index (χ3n) is 5.42. The summed E-state index contributed by atoms with van der Waals surface area (Å²) in [6, 6.07) is 13.8. The Morgan fingerprint density at radius 3 is 2.06 bits per heavy atom. The summed E-state index contributed by atoms with van der Waals surface area (Å²) in [4.78, 5) is 24.0. The van der Waals surface area contributed by atoms with Gasteiger partial charge < -0.3 is 10.2 Å². The van der Waals surface area contributed by atoms with Gasteiger partial charge in [0.05, 0.1) is 10.4 Å². The van der Waals surface area contributed by atoms with E-state index >= 15 is 0 Å². The molecule has 0 spiro atoms. The molecular weight excluding hydrogens is 436 g/mol. The van der Waals surface area contributed by atoms with Gasteiger partial charge in [-0.2, -0.15) is 5.10 Å². The van der Waals surface area contributed by atoms with Crippen molar-refractivity contribution >= 4 is 29.4 Å². The largest absolute Gasteiger partial charge is 0.506 e. The second-order valence-corrected chi connectivity index (χ2v) is 10.3. The molecule has 3 N–H and O–H groups in total. The van der Waals surface area contributed by atoms with E-state index in [9.17, 15) is 14.7 Å². The van der Waals surface area contributed by atoms with Crippen LogP contribution in [0.1, 0.15) is 66.5 Å². The molecule has 2 aromatic carbocycles. The van der Waals surface area contributed by atoms with Crippen molar-refractivity contribution in [1.29, 1.82) is 0 Å². The van der Waals surface area contributed by atoms with Gasteiger partial charge in [0, 0.05) is 22.8 Å². The van der Waals surface area contributed by atoms with Gasteiger partial charge in [-0.05, 0) is 46.2 Å². The van der Waals surface area contributed by atoms with E-state index in [-0.39, 0.29) is 16.7 Å².